The van der Waals surface area contributed by atoms with Crippen LogP contribution in [0.25, 0.3) is 0 Å². The lowest BCUT2D eigenvalue weighted by Crippen LogP contribution is -2.34. The number of rotatable bonds is 7. The number of carbonyl (C=O) groups is 1. The van der Waals surface area contributed by atoms with Gasteiger partial charge < -0.3 is 22.5 Å². The highest BCUT2D eigenvalue weighted by molar-refractivity contribution is 5.76. The Labute approximate surface area is 79.0 Å². The second-order valence-electron chi connectivity index (χ2n) is 3.03. The zero-order valence-corrected chi connectivity index (χ0v) is 7.96. The van der Waals surface area contributed by atoms with E-state index in [9.17, 15) is 4.79 Å². The van der Waals surface area contributed by atoms with E-state index in [1.165, 1.54) is 0 Å². The van der Waals surface area contributed by atoms with Crippen LogP contribution in [-0.4, -0.2) is 31.6 Å². The molecule has 1 amide bonds. The molecule has 0 aromatic heterocycles. The number of nitrogens with one attached hydrogen (secondary N) is 1. The van der Waals surface area contributed by atoms with Crippen LogP contribution in [0.4, 0.5) is 0 Å². The van der Waals surface area contributed by atoms with Crippen molar-refractivity contribution in [2.75, 3.05) is 19.6 Å². The van der Waals surface area contributed by atoms with E-state index in [2.05, 4.69) is 5.32 Å². The van der Waals surface area contributed by atoms with Gasteiger partial charge in [-0.2, -0.15) is 0 Å². The Hall–Kier alpha value is -0.650. The van der Waals surface area contributed by atoms with Crippen molar-refractivity contribution in [2.24, 2.45) is 17.2 Å². The first-order valence-electron chi connectivity index (χ1n) is 4.63. The highest BCUT2D eigenvalue weighted by Crippen LogP contribution is 1.97. The molecule has 0 rings (SSSR count). The normalized spacial score (nSPS) is 12.5. The molecule has 0 radical (unpaired) electrons. The van der Waals surface area contributed by atoms with E-state index in [0.29, 0.717) is 26.1 Å². The van der Waals surface area contributed by atoms with Gasteiger partial charge in [0.2, 0.25) is 5.91 Å². The summed E-state index contributed by atoms with van der Waals surface area (Å²) in [6.07, 6.45) is 2.03. The fourth-order valence-electron chi connectivity index (χ4n) is 1.00. The first-order valence-corrected chi connectivity index (χ1v) is 4.63. The minimum atomic E-state index is -0.0821. The zero-order valence-electron chi connectivity index (χ0n) is 7.96. The molecule has 0 saturated carbocycles. The monoisotopic (exact) mass is 188 g/mol. The van der Waals surface area contributed by atoms with Gasteiger partial charge in [-0.3, -0.25) is 4.79 Å². The minimum Gasteiger partial charge on any atom is -0.355 e. The van der Waals surface area contributed by atoms with Crippen molar-refractivity contribution in [1.82, 2.24) is 5.32 Å². The lowest BCUT2D eigenvalue weighted by Gasteiger charge is -2.10. The molecule has 13 heavy (non-hydrogen) atoms. The second kappa shape index (κ2) is 7.97. The molecule has 0 fully saturated rings. The fourth-order valence-corrected chi connectivity index (χ4v) is 1.00. The average Bonchev–Trinajstić information content (AvgIpc) is 2.11. The molecule has 0 aliphatic carbocycles. The van der Waals surface area contributed by atoms with Crippen molar-refractivity contribution in [3.05, 3.63) is 0 Å². The third kappa shape index (κ3) is 7.70. The largest absolute Gasteiger partial charge is 0.355 e. The molecule has 0 saturated heterocycles. The van der Waals surface area contributed by atoms with Gasteiger partial charge in [0.1, 0.15) is 0 Å². The van der Waals surface area contributed by atoms with Gasteiger partial charge in [0.25, 0.3) is 0 Å². The molecule has 0 aromatic rings. The van der Waals surface area contributed by atoms with E-state index in [1.54, 1.807) is 0 Å². The summed E-state index contributed by atoms with van der Waals surface area (Å²) in [6, 6.07) is -0.0821. The molecule has 7 N–H and O–H groups in total. The Morgan fingerprint density at radius 1 is 1.31 bits per heavy atom. The van der Waals surface area contributed by atoms with Gasteiger partial charge in [0.15, 0.2) is 0 Å². The van der Waals surface area contributed by atoms with Crippen LogP contribution in [0.3, 0.4) is 0 Å². The number of nitrogens with two attached hydrogens (primary N) is 3. The van der Waals surface area contributed by atoms with Crippen LogP contribution in [0.15, 0.2) is 0 Å². The van der Waals surface area contributed by atoms with Gasteiger partial charge in [0, 0.05) is 25.6 Å². The number of hydrogen-bond donors (Lipinski definition) is 4. The molecule has 0 bridgehead atoms. The first kappa shape index (κ1) is 12.3. The van der Waals surface area contributed by atoms with Crippen LogP contribution in [0.2, 0.25) is 0 Å². The van der Waals surface area contributed by atoms with Gasteiger partial charge in [-0.05, 0) is 19.4 Å². The summed E-state index contributed by atoms with van der Waals surface area (Å²) < 4.78 is 0. The Kier molecular flexibility index (Phi) is 7.57. The molecule has 0 heterocycles. The topological polar surface area (TPSA) is 107 Å². The molecule has 0 aliphatic rings. The summed E-state index contributed by atoms with van der Waals surface area (Å²) in [5.74, 6) is -0.0324. The van der Waals surface area contributed by atoms with Gasteiger partial charge in [-0.25, -0.2) is 0 Å². The SMILES string of the molecule is NCCC[C@@H](N)CC(=O)NCCN. The minimum absolute atomic E-state index is 0.0324. The van der Waals surface area contributed by atoms with Crippen LogP contribution in [0, 0.1) is 0 Å². The Bertz CT molecular complexity index is 140. The maximum Gasteiger partial charge on any atom is 0.221 e. The molecular formula is C8H20N4O. The highest BCUT2D eigenvalue weighted by Gasteiger charge is 2.07. The number of hydrogen-bond acceptors (Lipinski definition) is 4. The lowest BCUT2D eigenvalue weighted by atomic mass is 10.1. The maximum absolute atomic E-state index is 11.1. The standard InChI is InChI=1S/C8H20N4O/c9-3-1-2-7(11)6-8(13)12-5-4-10/h7H,1-6,9-11H2,(H,12,13)/t7-/m1/s1. The van der Waals surface area contributed by atoms with Crippen molar-refractivity contribution in [1.29, 1.82) is 0 Å². The average molecular weight is 188 g/mol. The second-order valence-corrected chi connectivity index (χ2v) is 3.03. The number of amides is 1. The predicted octanol–water partition coefficient (Wildman–Crippen LogP) is -1.48. The molecule has 0 unspecified atom stereocenters. The molecule has 5 nitrogen and oxygen atoms in total. The van der Waals surface area contributed by atoms with E-state index in [1.807, 2.05) is 0 Å². The van der Waals surface area contributed by atoms with Gasteiger partial charge in [-0.1, -0.05) is 0 Å². The quantitative estimate of drug-likeness (QED) is 0.390. The van der Waals surface area contributed by atoms with Crippen LogP contribution >= 0.6 is 0 Å². The maximum atomic E-state index is 11.1. The summed E-state index contributed by atoms with van der Waals surface area (Å²) in [6.45, 7) is 1.60. The third-order valence-corrected chi connectivity index (χ3v) is 1.69. The summed E-state index contributed by atoms with van der Waals surface area (Å²) in [4.78, 5) is 11.1. The van der Waals surface area contributed by atoms with Crippen LogP contribution in [0.5, 0.6) is 0 Å². The van der Waals surface area contributed by atoms with Crippen LogP contribution < -0.4 is 22.5 Å². The van der Waals surface area contributed by atoms with E-state index in [0.717, 1.165) is 12.8 Å². The van der Waals surface area contributed by atoms with Crippen molar-refractivity contribution < 1.29 is 4.79 Å². The Balaban J connectivity index is 3.41. The molecule has 0 spiro atoms. The summed E-state index contributed by atoms with van der Waals surface area (Å²) in [5.41, 5.74) is 16.2. The van der Waals surface area contributed by atoms with Crippen LogP contribution in [0.1, 0.15) is 19.3 Å². The summed E-state index contributed by atoms with van der Waals surface area (Å²) in [5, 5.41) is 2.66. The van der Waals surface area contributed by atoms with Crippen molar-refractivity contribution in [2.45, 2.75) is 25.3 Å². The van der Waals surface area contributed by atoms with E-state index >= 15 is 0 Å². The van der Waals surface area contributed by atoms with E-state index in [-0.39, 0.29) is 11.9 Å². The van der Waals surface area contributed by atoms with Crippen molar-refractivity contribution in [3.63, 3.8) is 0 Å². The first-order chi connectivity index (χ1) is 6.20. The van der Waals surface area contributed by atoms with Gasteiger partial charge in [-0.15, -0.1) is 0 Å². The number of carbonyl (C=O) groups excluding carboxylic acids is 1. The molecule has 5 heteroatoms. The Morgan fingerprint density at radius 3 is 2.54 bits per heavy atom. The molecule has 0 aromatic carbocycles. The van der Waals surface area contributed by atoms with Crippen molar-refractivity contribution >= 4 is 5.91 Å². The highest BCUT2D eigenvalue weighted by atomic mass is 16.1. The summed E-state index contributed by atoms with van der Waals surface area (Å²) >= 11 is 0. The van der Waals surface area contributed by atoms with Crippen molar-refractivity contribution in [3.8, 4) is 0 Å². The van der Waals surface area contributed by atoms with E-state index < -0.39 is 0 Å². The molecule has 0 aliphatic heterocycles. The van der Waals surface area contributed by atoms with Gasteiger partial charge in [0.05, 0.1) is 0 Å². The third-order valence-electron chi connectivity index (χ3n) is 1.69. The zero-order chi connectivity index (χ0) is 10.1. The van der Waals surface area contributed by atoms with Crippen LogP contribution in [-0.2, 0) is 4.79 Å². The summed E-state index contributed by atoms with van der Waals surface area (Å²) in [7, 11) is 0. The van der Waals surface area contributed by atoms with E-state index in [4.69, 9.17) is 17.2 Å². The van der Waals surface area contributed by atoms with Gasteiger partial charge >= 0.3 is 0 Å². The predicted molar refractivity (Wildman–Crippen MR) is 52.9 cm³/mol. The lowest BCUT2D eigenvalue weighted by molar-refractivity contribution is -0.121. The fraction of sp³-hybridized carbons (Fsp3) is 0.875. The Morgan fingerprint density at radius 2 is 2.00 bits per heavy atom. The molecular weight excluding hydrogens is 168 g/mol. The molecule has 1 atom stereocenters. The molecule has 78 valence electrons. The smallest absolute Gasteiger partial charge is 0.221 e.